The van der Waals surface area contributed by atoms with Gasteiger partial charge < -0.3 is 10.1 Å². The number of nitrogens with one attached hydrogen (secondary N) is 1. The molecular weight excluding hydrogens is 200 g/mol. The molecule has 0 bridgehead atoms. The Morgan fingerprint density at radius 2 is 2.38 bits per heavy atom. The number of aromatic nitrogens is 1. The Bertz CT molecular complexity index is 323. The highest BCUT2D eigenvalue weighted by Gasteiger charge is 2.29. The first-order valence-electron chi connectivity index (χ1n) is 6.06. The van der Waals surface area contributed by atoms with E-state index in [1.54, 1.807) is 0 Å². The fourth-order valence-corrected chi connectivity index (χ4v) is 2.19. The van der Waals surface area contributed by atoms with Crippen molar-refractivity contribution in [2.24, 2.45) is 5.92 Å². The van der Waals surface area contributed by atoms with Crippen LogP contribution < -0.4 is 5.32 Å². The third-order valence-electron chi connectivity index (χ3n) is 3.13. The van der Waals surface area contributed by atoms with Gasteiger partial charge in [0.15, 0.2) is 0 Å². The standard InChI is InChI=1S/C13H20N2O/c1-3-14-8-12-6-7-16-13(12)11-5-4-10(2)15-9-11/h4-5,9,12-14H,3,6-8H2,1-2H3. The van der Waals surface area contributed by atoms with E-state index in [0.717, 1.165) is 31.8 Å². The SMILES string of the molecule is CCNCC1CCOC1c1ccc(C)nc1. The number of aryl methyl sites for hydroxylation is 1. The number of pyridine rings is 1. The summed E-state index contributed by atoms with van der Waals surface area (Å²) in [6, 6.07) is 4.19. The molecule has 1 saturated heterocycles. The zero-order chi connectivity index (χ0) is 11.4. The van der Waals surface area contributed by atoms with Crippen LogP contribution in [0.4, 0.5) is 0 Å². The molecule has 88 valence electrons. The normalized spacial score (nSPS) is 24.9. The third-order valence-corrected chi connectivity index (χ3v) is 3.13. The Labute approximate surface area is 97.2 Å². The van der Waals surface area contributed by atoms with Gasteiger partial charge in [-0.25, -0.2) is 0 Å². The van der Waals surface area contributed by atoms with E-state index < -0.39 is 0 Å². The molecule has 0 aliphatic carbocycles. The van der Waals surface area contributed by atoms with Crippen molar-refractivity contribution in [3.05, 3.63) is 29.6 Å². The molecule has 3 heteroatoms. The maximum Gasteiger partial charge on any atom is 0.0880 e. The van der Waals surface area contributed by atoms with E-state index in [4.69, 9.17) is 4.74 Å². The summed E-state index contributed by atoms with van der Waals surface area (Å²) in [6.07, 6.45) is 3.32. The summed E-state index contributed by atoms with van der Waals surface area (Å²) < 4.78 is 5.81. The lowest BCUT2D eigenvalue weighted by atomic mass is 9.96. The topological polar surface area (TPSA) is 34.1 Å². The molecule has 2 unspecified atom stereocenters. The smallest absolute Gasteiger partial charge is 0.0880 e. The van der Waals surface area contributed by atoms with E-state index in [-0.39, 0.29) is 6.10 Å². The van der Waals surface area contributed by atoms with E-state index >= 15 is 0 Å². The van der Waals surface area contributed by atoms with Gasteiger partial charge in [0.2, 0.25) is 0 Å². The van der Waals surface area contributed by atoms with Gasteiger partial charge in [0.05, 0.1) is 6.10 Å². The van der Waals surface area contributed by atoms with Crippen molar-refractivity contribution in [3.63, 3.8) is 0 Å². The molecule has 0 amide bonds. The van der Waals surface area contributed by atoms with Crippen LogP contribution in [0.3, 0.4) is 0 Å². The van der Waals surface area contributed by atoms with Crippen molar-refractivity contribution < 1.29 is 4.74 Å². The second kappa shape index (κ2) is 5.41. The van der Waals surface area contributed by atoms with Crippen LogP contribution in [-0.2, 0) is 4.74 Å². The number of ether oxygens (including phenoxy) is 1. The second-order valence-corrected chi connectivity index (χ2v) is 4.38. The van der Waals surface area contributed by atoms with Gasteiger partial charge in [0, 0.05) is 31.0 Å². The Morgan fingerprint density at radius 1 is 1.50 bits per heavy atom. The van der Waals surface area contributed by atoms with Crippen LogP contribution in [-0.4, -0.2) is 24.7 Å². The molecule has 1 aromatic heterocycles. The second-order valence-electron chi connectivity index (χ2n) is 4.38. The van der Waals surface area contributed by atoms with E-state index in [0.29, 0.717) is 5.92 Å². The molecule has 16 heavy (non-hydrogen) atoms. The monoisotopic (exact) mass is 220 g/mol. The average Bonchev–Trinajstić information content (AvgIpc) is 2.75. The minimum Gasteiger partial charge on any atom is -0.373 e. The van der Waals surface area contributed by atoms with E-state index in [1.165, 1.54) is 5.56 Å². The highest BCUT2D eigenvalue weighted by atomic mass is 16.5. The maximum absolute atomic E-state index is 5.81. The van der Waals surface area contributed by atoms with Crippen LogP contribution in [0.1, 0.15) is 30.7 Å². The first kappa shape index (κ1) is 11.6. The molecule has 0 spiro atoms. The molecule has 1 aliphatic heterocycles. The first-order valence-corrected chi connectivity index (χ1v) is 6.06. The predicted octanol–water partition coefficient (Wildman–Crippen LogP) is 2.08. The van der Waals surface area contributed by atoms with Gasteiger partial charge in [-0.3, -0.25) is 4.98 Å². The zero-order valence-corrected chi connectivity index (χ0v) is 10.1. The fourth-order valence-electron chi connectivity index (χ4n) is 2.19. The van der Waals surface area contributed by atoms with Crippen LogP contribution in [0, 0.1) is 12.8 Å². The van der Waals surface area contributed by atoms with Gasteiger partial charge in [-0.2, -0.15) is 0 Å². The Hall–Kier alpha value is -0.930. The van der Waals surface area contributed by atoms with E-state index in [9.17, 15) is 0 Å². The highest BCUT2D eigenvalue weighted by Crippen LogP contribution is 2.33. The van der Waals surface area contributed by atoms with Crippen LogP contribution in [0.2, 0.25) is 0 Å². The molecule has 1 fully saturated rings. The summed E-state index contributed by atoms with van der Waals surface area (Å²) in [5.41, 5.74) is 2.27. The van der Waals surface area contributed by atoms with E-state index in [2.05, 4.69) is 29.4 Å². The van der Waals surface area contributed by atoms with Crippen LogP contribution >= 0.6 is 0 Å². The first-order chi connectivity index (χ1) is 7.81. The van der Waals surface area contributed by atoms with Crippen LogP contribution in [0.25, 0.3) is 0 Å². The molecule has 2 rings (SSSR count). The minimum atomic E-state index is 0.229. The van der Waals surface area contributed by atoms with Gasteiger partial charge in [-0.1, -0.05) is 13.0 Å². The lowest BCUT2D eigenvalue weighted by Gasteiger charge is -2.18. The molecule has 0 radical (unpaired) electrons. The van der Waals surface area contributed by atoms with Gasteiger partial charge >= 0.3 is 0 Å². The van der Waals surface area contributed by atoms with Crippen molar-refractivity contribution in [3.8, 4) is 0 Å². The lowest BCUT2D eigenvalue weighted by molar-refractivity contribution is 0.0903. The highest BCUT2D eigenvalue weighted by molar-refractivity contribution is 5.17. The molecule has 1 aromatic rings. The third kappa shape index (κ3) is 2.60. The minimum absolute atomic E-state index is 0.229. The molecular formula is C13H20N2O. The number of hydrogen-bond acceptors (Lipinski definition) is 3. The fraction of sp³-hybridized carbons (Fsp3) is 0.615. The quantitative estimate of drug-likeness (QED) is 0.843. The van der Waals surface area contributed by atoms with Crippen molar-refractivity contribution >= 4 is 0 Å². The molecule has 2 heterocycles. The summed E-state index contributed by atoms with van der Waals surface area (Å²) >= 11 is 0. The van der Waals surface area contributed by atoms with Crippen molar-refractivity contribution in [2.75, 3.05) is 19.7 Å². The molecule has 0 saturated carbocycles. The summed E-state index contributed by atoms with van der Waals surface area (Å²) in [6.45, 7) is 7.08. The molecule has 1 aliphatic rings. The Balaban J connectivity index is 2.04. The summed E-state index contributed by atoms with van der Waals surface area (Å²) in [4.78, 5) is 4.34. The largest absolute Gasteiger partial charge is 0.373 e. The van der Waals surface area contributed by atoms with Crippen molar-refractivity contribution in [1.29, 1.82) is 0 Å². The Morgan fingerprint density at radius 3 is 3.06 bits per heavy atom. The number of hydrogen-bond donors (Lipinski definition) is 1. The number of nitrogens with zero attached hydrogens (tertiary/aromatic N) is 1. The van der Waals surface area contributed by atoms with Gasteiger partial charge in [-0.05, 0) is 31.5 Å². The summed E-state index contributed by atoms with van der Waals surface area (Å²) in [5, 5.41) is 3.40. The summed E-state index contributed by atoms with van der Waals surface area (Å²) in [7, 11) is 0. The molecule has 1 N–H and O–H groups in total. The summed E-state index contributed by atoms with van der Waals surface area (Å²) in [5.74, 6) is 0.587. The maximum atomic E-state index is 5.81. The average molecular weight is 220 g/mol. The predicted molar refractivity (Wildman–Crippen MR) is 64.3 cm³/mol. The zero-order valence-electron chi connectivity index (χ0n) is 10.1. The molecule has 2 atom stereocenters. The van der Waals surface area contributed by atoms with Crippen molar-refractivity contribution in [1.82, 2.24) is 10.3 Å². The van der Waals surface area contributed by atoms with Crippen molar-refractivity contribution in [2.45, 2.75) is 26.4 Å². The van der Waals surface area contributed by atoms with Crippen LogP contribution in [0.5, 0.6) is 0 Å². The molecule has 0 aromatic carbocycles. The molecule has 3 nitrogen and oxygen atoms in total. The van der Waals surface area contributed by atoms with E-state index in [1.807, 2.05) is 13.1 Å². The van der Waals surface area contributed by atoms with Gasteiger partial charge in [0.1, 0.15) is 0 Å². The lowest BCUT2D eigenvalue weighted by Crippen LogP contribution is -2.24. The van der Waals surface area contributed by atoms with Crippen LogP contribution in [0.15, 0.2) is 18.3 Å². The number of rotatable bonds is 4. The Kier molecular flexibility index (Phi) is 3.91. The van der Waals surface area contributed by atoms with Gasteiger partial charge in [0.25, 0.3) is 0 Å². The van der Waals surface area contributed by atoms with Gasteiger partial charge in [-0.15, -0.1) is 0 Å².